The standard InChI is InChI=1S/C21H21NO5/c23-18(16-9-8-14-4-1-5-15(14)12-16)13-27-21(25)17-6-2-10-22(17)20(24)19-7-3-11-26-19/h3,7-9,11-12,17H,1-2,4-6,10,13H2/t17-/m0/s1. The van der Waals surface area contributed by atoms with Crippen molar-refractivity contribution in [1.82, 2.24) is 4.90 Å². The second-order valence-electron chi connectivity index (χ2n) is 7.00. The molecule has 0 radical (unpaired) electrons. The first kappa shape index (κ1) is 17.5. The minimum Gasteiger partial charge on any atom is -0.459 e. The Balaban J connectivity index is 1.37. The third-order valence-corrected chi connectivity index (χ3v) is 5.28. The molecule has 1 aliphatic heterocycles. The lowest BCUT2D eigenvalue weighted by Crippen LogP contribution is -2.41. The molecule has 0 spiro atoms. The SMILES string of the molecule is O=C(COC(=O)[C@@H]1CCCN1C(=O)c1ccco1)c1ccc2c(c1)CCC2. The van der Waals surface area contributed by atoms with Crippen molar-refractivity contribution < 1.29 is 23.5 Å². The number of rotatable bonds is 5. The predicted molar refractivity (Wildman–Crippen MR) is 96.5 cm³/mol. The molecule has 6 heteroatoms. The predicted octanol–water partition coefficient (Wildman–Crippen LogP) is 2.80. The lowest BCUT2D eigenvalue weighted by atomic mass is 10.0. The zero-order valence-electron chi connectivity index (χ0n) is 15.0. The summed E-state index contributed by atoms with van der Waals surface area (Å²) in [6.45, 7) is 0.162. The minimum absolute atomic E-state index is 0.198. The largest absolute Gasteiger partial charge is 0.459 e. The fraction of sp³-hybridized carbons (Fsp3) is 0.381. The molecular formula is C21H21NO5. The molecule has 2 aliphatic rings. The summed E-state index contributed by atoms with van der Waals surface area (Å²) in [6.07, 6.45) is 5.82. The number of hydrogen-bond acceptors (Lipinski definition) is 5. The Morgan fingerprint density at radius 1 is 1.11 bits per heavy atom. The van der Waals surface area contributed by atoms with Crippen LogP contribution in [0.25, 0.3) is 0 Å². The zero-order valence-corrected chi connectivity index (χ0v) is 15.0. The van der Waals surface area contributed by atoms with Gasteiger partial charge in [-0.3, -0.25) is 9.59 Å². The number of benzene rings is 1. The van der Waals surface area contributed by atoms with Gasteiger partial charge >= 0.3 is 5.97 Å². The quantitative estimate of drug-likeness (QED) is 0.600. The molecule has 1 atom stereocenters. The molecule has 2 aromatic rings. The van der Waals surface area contributed by atoms with Crippen LogP contribution < -0.4 is 0 Å². The summed E-state index contributed by atoms with van der Waals surface area (Å²) in [5.41, 5.74) is 3.07. The summed E-state index contributed by atoms with van der Waals surface area (Å²) in [5.74, 6) is -0.893. The summed E-state index contributed by atoms with van der Waals surface area (Å²) in [7, 11) is 0. The van der Waals surface area contributed by atoms with Crippen LogP contribution in [-0.2, 0) is 22.4 Å². The van der Waals surface area contributed by atoms with Crippen LogP contribution in [0.5, 0.6) is 0 Å². The lowest BCUT2D eigenvalue weighted by Gasteiger charge is -2.22. The maximum absolute atomic E-state index is 12.5. The first-order valence-corrected chi connectivity index (χ1v) is 9.29. The Labute approximate surface area is 157 Å². The zero-order chi connectivity index (χ0) is 18.8. The van der Waals surface area contributed by atoms with E-state index in [9.17, 15) is 14.4 Å². The highest BCUT2D eigenvalue weighted by molar-refractivity contribution is 5.99. The van der Waals surface area contributed by atoms with Crippen LogP contribution in [0.3, 0.4) is 0 Å². The van der Waals surface area contributed by atoms with Gasteiger partial charge in [-0.15, -0.1) is 0 Å². The van der Waals surface area contributed by atoms with Gasteiger partial charge in [0.2, 0.25) is 0 Å². The van der Waals surface area contributed by atoms with Crippen LogP contribution >= 0.6 is 0 Å². The average molecular weight is 367 g/mol. The number of hydrogen-bond donors (Lipinski definition) is 0. The first-order chi connectivity index (χ1) is 13.1. The van der Waals surface area contributed by atoms with Crippen molar-refractivity contribution in [3.05, 3.63) is 59.0 Å². The Morgan fingerprint density at radius 2 is 1.96 bits per heavy atom. The van der Waals surface area contributed by atoms with Crippen molar-refractivity contribution in [1.29, 1.82) is 0 Å². The van der Waals surface area contributed by atoms with Crippen molar-refractivity contribution in [2.75, 3.05) is 13.2 Å². The van der Waals surface area contributed by atoms with E-state index >= 15 is 0 Å². The monoisotopic (exact) mass is 367 g/mol. The Bertz CT molecular complexity index is 871. The normalized spacial score (nSPS) is 18.4. The summed E-state index contributed by atoms with van der Waals surface area (Å²) >= 11 is 0. The molecule has 1 aromatic heterocycles. The molecule has 1 saturated heterocycles. The van der Waals surface area contributed by atoms with Gasteiger partial charge in [-0.05, 0) is 61.4 Å². The molecule has 2 heterocycles. The number of nitrogens with zero attached hydrogens (tertiary/aromatic N) is 1. The highest BCUT2D eigenvalue weighted by atomic mass is 16.5. The number of Topliss-reactive ketones (excluding diaryl/α,β-unsaturated/α-hetero) is 1. The summed E-state index contributed by atoms with van der Waals surface area (Å²) < 4.78 is 10.4. The minimum atomic E-state index is -0.671. The van der Waals surface area contributed by atoms with E-state index in [0.29, 0.717) is 24.9 Å². The number of furan rings is 1. The Morgan fingerprint density at radius 3 is 2.78 bits per heavy atom. The van der Waals surface area contributed by atoms with E-state index in [1.165, 1.54) is 22.3 Å². The van der Waals surface area contributed by atoms with E-state index in [-0.39, 0.29) is 24.1 Å². The number of aryl methyl sites for hydroxylation is 2. The molecule has 27 heavy (non-hydrogen) atoms. The third kappa shape index (κ3) is 3.52. The number of amides is 1. The van der Waals surface area contributed by atoms with Crippen LogP contribution in [0, 0.1) is 0 Å². The molecule has 0 unspecified atom stereocenters. The fourth-order valence-corrected chi connectivity index (χ4v) is 3.86. The van der Waals surface area contributed by atoms with Gasteiger partial charge in [0.05, 0.1) is 6.26 Å². The number of ether oxygens (including phenoxy) is 1. The molecule has 1 amide bonds. The van der Waals surface area contributed by atoms with Gasteiger partial charge in [-0.25, -0.2) is 4.79 Å². The average Bonchev–Trinajstić information content (AvgIpc) is 3.45. The van der Waals surface area contributed by atoms with Crippen LogP contribution in [-0.4, -0.2) is 41.8 Å². The summed E-state index contributed by atoms with van der Waals surface area (Å²) in [5, 5.41) is 0. The van der Waals surface area contributed by atoms with Crippen molar-refractivity contribution in [2.45, 2.75) is 38.1 Å². The summed E-state index contributed by atoms with van der Waals surface area (Å²) in [4.78, 5) is 38.8. The molecule has 0 saturated carbocycles. The van der Waals surface area contributed by atoms with E-state index in [1.54, 1.807) is 18.2 Å². The maximum Gasteiger partial charge on any atom is 0.329 e. The van der Waals surface area contributed by atoms with Crippen molar-refractivity contribution in [2.24, 2.45) is 0 Å². The van der Waals surface area contributed by atoms with E-state index < -0.39 is 12.0 Å². The van der Waals surface area contributed by atoms with Gasteiger partial charge in [-0.2, -0.15) is 0 Å². The van der Waals surface area contributed by atoms with E-state index in [4.69, 9.17) is 9.15 Å². The van der Waals surface area contributed by atoms with Crippen molar-refractivity contribution in [3.8, 4) is 0 Å². The highest BCUT2D eigenvalue weighted by Gasteiger charge is 2.36. The van der Waals surface area contributed by atoms with Gasteiger partial charge in [0.1, 0.15) is 6.04 Å². The molecule has 4 rings (SSSR count). The van der Waals surface area contributed by atoms with Crippen molar-refractivity contribution in [3.63, 3.8) is 0 Å². The number of likely N-dealkylation sites (tertiary alicyclic amines) is 1. The Kier molecular flexibility index (Phi) is 4.79. The molecule has 0 bridgehead atoms. The maximum atomic E-state index is 12.5. The van der Waals surface area contributed by atoms with Gasteiger partial charge < -0.3 is 14.1 Å². The van der Waals surface area contributed by atoms with Crippen LogP contribution in [0.1, 0.15) is 51.3 Å². The van der Waals surface area contributed by atoms with Gasteiger partial charge in [0, 0.05) is 12.1 Å². The number of fused-ring (bicyclic) bond motifs is 1. The molecule has 0 N–H and O–H groups in total. The molecule has 1 aromatic carbocycles. The van der Waals surface area contributed by atoms with Gasteiger partial charge in [0.25, 0.3) is 5.91 Å². The molecule has 140 valence electrons. The second kappa shape index (κ2) is 7.39. The van der Waals surface area contributed by atoms with Crippen LogP contribution in [0.2, 0.25) is 0 Å². The molecule has 1 fully saturated rings. The molecular weight excluding hydrogens is 346 g/mol. The van der Waals surface area contributed by atoms with E-state index in [0.717, 1.165) is 19.3 Å². The fourth-order valence-electron chi connectivity index (χ4n) is 3.86. The van der Waals surface area contributed by atoms with Gasteiger partial charge in [-0.1, -0.05) is 12.1 Å². The number of carbonyl (C=O) groups is 3. The second-order valence-corrected chi connectivity index (χ2v) is 7.00. The molecule has 6 nitrogen and oxygen atoms in total. The number of esters is 1. The van der Waals surface area contributed by atoms with E-state index in [2.05, 4.69) is 0 Å². The smallest absolute Gasteiger partial charge is 0.329 e. The first-order valence-electron chi connectivity index (χ1n) is 9.29. The van der Waals surface area contributed by atoms with E-state index in [1.807, 2.05) is 12.1 Å². The summed E-state index contributed by atoms with van der Waals surface area (Å²) in [6, 6.07) is 8.21. The Hall–Kier alpha value is -2.89. The molecule has 1 aliphatic carbocycles. The number of carbonyl (C=O) groups excluding carboxylic acids is 3. The topological polar surface area (TPSA) is 76.8 Å². The van der Waals surface area contributed by atoms with Gasteiger partial charge in [0.15, 0.2) is 18.2 Å². The van der Waals surface area contributed by atoms with Crippen LogP contribution in [0.15, 0.2) is 41.0 Å². The van der Waals surface area contributed by atoms with Crippen LogP contribution in [0.4, 0.5) is 0 Å². The number of ketones is 1. The highest BCUT2D eigenvalue weighted by Crippen LogP contribution is 2.24. The lowest BCUT2D eigenvalue weighted by molar-refractivity contribution is -0.147. The van der Waals surface area contributed by atoms with Crippen molar-refractivity contribution >= 4 is 17.7 Å². The third-order valence-electron chi connectivity index (χ3n) is 5.28.